The number of carbonyl (C=O) groups is 1. The van der Waals surface area contributed by atoms with Crippen molar-refractivity contribution in [2.75, 3.05) is 31.0 Å². The molecule has 0 heterocycles. The third kappa shape index (κ3) is 5.38. The topological polar surface area (TPSA) is 116 Å². The van der Waals surface area contributed by atoms with Gasteiger partial charge in [-0.25, -0.2) is 13.2 Å². The van der Waals surface area contributed by atoms with Crippen molar-refractivity contribution in [3.63, 3.8) is 0 Å². The van der Waals surface area contributed by atoms with Gasteiger partial charge in [-0.2, -0.15) is 0 Å². The van der Waals surface area contributed by atoms with Crippen LogP contribution < -0.4 is 5.32 Å². The van der Waals surface area contributed by atoms with Gasteiger partial charge in [-0.3, -0.25) is 10.1 Å². The van der Waals surface area contributed by atoms with Crippen molar-refractivity contribution in [2.24, 2.45) is 0 Å². The number of methoxy groups -OCH3 is 1. The zero-order valence-corrected chi connectivity index (χ0v) is 12.5. The molecule has 0 aliphatic rings. The maximum absolute atomic E-state index is 11.4. The molecular weight excluding hydrogens is 300 g/mol. The van der Waals surface area contributed by atoms with Gasteiger partial charge in [0.2, 0.25) is 0 Å². The minimum Gasteiger partial charge on any atom is -0.465 e. The summed E-state index contributed by atoms with van der Waals surface area (Å²) in [5, 5.41) is 13.7. The first kappa shape index (κ1) is 16.9. The number of anilines is 1. The Morgan fingerprint density at radius 1 is 1.43 bits per heavy atom. The molecule has 21 heavy (non-hydrogen) atoms. The highest BCUT2D eigenvalue weighted by molar-refractivity contribution is 7.90. The predicted molar refractivity (Wildman–Crippen MR) is 77.3 cm³/mol. The predicted octanol–water partition coefficient (Wildman–Crippen LogP) is 1.23. The normalized spacial score (nSPS) is 11.0. The van der Waals surface area contributed by atoms with E-state index in [0.29, 0.717) is 6.42 Å². The number of esters is 1. The lowest BCUT2D eigenvalue weighted by Gasteiger charge is -2.08. The number of benzene rings is 1. The molecule has 0 bridgehead atoms. The summed E-state index contributed by atoms with van der Waals surface area (Å²) in [6, 6.07) is 3.81. The minimum atomic E-state index is -3.08. The maximum atomic E-state index is 11.4. The number of sulfone groups is 1. The molecule has 9 heteroatoms. The van der Waals surface area contributed by atoms with Crippen LogP contribution in [0.25, 0.3) is 0 Å². The summed E-state index contributed by atoms with van der Waals surface area (Å²) < 4.78 is 26.6. The maximum Gasteiger partial charge on any atom is 0.337 e. The molecule has 0 fully saturated rings. The van der Waals surface area contributed by atoms with Crippen LogP contribution in [0.1, 0.15) is 16.8 Å². The number of nitro groups is 1. The van der Waals surface area contributed by atoms with Crippen LogP contribution in [0.2, 0.25) is 0 Å². The van der Waals surface area contributed by atoms with E-state index in [-0.39, 0.29) is 29.2 Å². The summed E-state index contributed by atoms with van der Waals surface area (Å²) in [5.41, 5.74) is 0.132. The van der Waals surface area contributed by atoms with Crippen LogP contribution in [0, 0.1) is 10.1 Å². The van der Waals surface area contributed by atoms with E-state index in [2.05, 4.69) is 10.1 Å². The zero-order valence-electron chi connectivity index (χ0n) is 11.7. The summed E-state index contributed by atoms with van der Waals surface area (Å²) in [4.78, 5) is 21.7. The van der Waals surface area contributed by atoms with E-state index >= 15 is 0 Å². The first-order valence-electron chi connectivity index (χ1n) is 6.03. The van der Waals surface area contributed by atoms with Crippen molar-refractivity contribution < 1.29 is 22.9 Å². The van der Waals surface area contributed by atoms with E-state index in [9.17, 15) is 23.3 Å². The molecule has 116 valence electrons. The second-order valence-corrected chi connectivity index (χ2v) is 6.65. The summed E-state index contributed by atoms with van der Waals surface area (Å²) in [6.07, 6.45) is 1.42. The van der Waals surface area contributed by atoms with Gasteiger partial charge < -0.3 is 10.1 Å². The van der Waals surface area contributed by atoms with Gasteiger partial charge in [0.1, 0.15) is 15.5 Å². The van der Waals surface area contributed by atoms with E-state index in [1.165, 1.54) is 25.3 Å². The van der Waals surface area contributed by atoms with Crippen LogP contribution in [0.15, 0.2) is 18.2 Å². The van der Waals surface area contributed by atoms with Gasteiger partial charge in [0.05, 0.1) is 23.3 Å². The number of nitrogens with zero attached hydrogens (tertiary/aromatic N) is 1. The van der Waals surface area contributed by atoms with E-state index in [0.717, 1.165) is 6.26 Å². The molecule has 1 aromatic rings. The lowest BCUT2D eigenvalue weighted by Crippen LogP contribution is -2.11. The Kier molecular flexibility index (Phi) is 5.65. The Labute approximate surface area is 122 Å². The second kappa shape index (κ2) is 7.02. The third-order valence-corrected chi connectivity index (χ3v) is 3.65. The average molecular weight is 316 g/mol. The number of ether oxygens (including phenoxy) is 1. The molecule has 0 atom stereocenters. The highest BCUT2D eigenvalue weighted by atomic mass is 32.2. The van der Waals surface area contributed by atoms with E-state index in [1.807, 2.05) is 0 Å². The molecule has 0 spiro atoms. The fraction of sp³-hybridized carbons (Fsp3) is 0.417. The minimum absolute atomic E-state index is 0.0233. The molecule has 1 aromatic carbocycles. The van der Waals surface area contributed by atoms with E-state index in [4.69, 9.17) is 0 Å². The Hall–Kier alpha value is -2.16. The van der Waals surface area contributed by atoms with Crippen molar-refractivity contribution in [1.29, 1.82) is 0 Å². The van der Waals surface area contributed by atoms with Gasteiger partial charge >= 0.3 is 5.97 Å². The van der Waals surface area contributed by atoms with Crippen LogP contribution in [0.3, 0.4) is 0 Å². The van der Waals surface area contributed by atoms with Gasteiger partial charge in [-0.05, 0) is 18.6 Å². The summed E-state index contributed by atoms with van der Waals surface area (Å²) >= 11 is 0. The molecule has 0 radical (unpaired) electrons. The van der Waals surface area contributed by atoms with Crippen molar-refractivity contribution in [2.45, 2.75) is 6.42 Å². The van der Waals surface area contributed by atoms with Gasteiger partial charge in [-0.1, -0.05) is 0 Å². The Bertz CT molecular complexity index is 641. The first-order chi connectivity index (χ1) is 9.74. The SMILES string of the molecule is COC(=O)c1ccc([N+](=O)[O-])c(NCCCS(C)(=O)=O)c1. The number of rotatable bonds is 7. The summed E-state index contributed by atoms with van der Waals surface area (Å²) in [6.45, 7) is 0.235. The number of carbonyl (C=O) groups excluding carboxylic acids is 1. The van der Waals surface area contributed by atoms with Gasteiger partial charge in [0, 0.05) is 18.9 Å². The lowest BCUT2D eigenvalue weighted by atomic mass is 10.1. The highest BCUT2D eigenvalue weighted by Gasteiger charge is 2.17. The smallest absolute Gasteiger partial charge is 0.337 e. The van der Waals surface area contributed by atoms with Crippen LogP contribution >= 0.6 is 0 Å². The van der Waals surface area contributed by atoms with Crippen LogP contribution in [-0.4, -0.2) is 45.0 Å². The molecule has 0 aromatic heterocycles. The molecular formula is C12H16N2O6S. The summed E-state index contributed by atoms with van der Waals surface area (Å²) in [7, 11) is -1.87. The molecule has 0 unspecified atom stereocenters. The quantitative estimate of drug-likeness (QED) is 0.348. The molecule has 0 amide bonds. The van der Waals surface area contributed by atoms with E-state index < -0.39 is 20.7 Å². The van der Waals surface area contributed by atoms with Gasteiger partial charge in [0.15, 0.2) is 0 Å². The van der Waals surface area contributed by atoms with Crippen molar-refractivity contribution >= 4 is 27.2 Å². The monoisotopic (exact) mass is 316 g/mol. The van der Waals surface area contributed by atoms with E-state index in [1.54, 1.807) is 0 Å². The zero-order chi connectivity index (χ0) is 16.0. The number of nitrogens with one attached hydrogen (secondary N) is 1. The molecule has 8 nitrogen and oxygen atoms in total. The van der Waals surface area contributed by atoms with Crippen molar-refractivity contribution in [3.8, 4) is 0 Å². The highest BCUT2D eigenvalue weighted by Crippen LogP contribution is 2.25. The molecule has 0 saturated carbocycles. The molecule has 1 N–H and O–H groups in total. The first-order valence-corrected chi connectivity index (χ1v) is 8.09. The second-order valence-electron chi connectivity index (χ2n) is 4.39. The van der Waals surface area contributed by atoms with Crippen molar-refractivity contribution in [3.05, 3.63) is 33.9 Å². The Balaban J connectivity index is 2.86. The fourth-order valence-corrected chi connectivity index (χ4v) is 2.31. The van der Waals surface area contributed by atoms with Crippen molar-refractivity contribution in [1.82, 2.24) is 0 Å². The average Bonchev–Trinajstić information content (AvgIpc) is 2.41. The third-order valence-electron chi connectivity index (χ3n) is 2.62. The molecule has 0 aliphatic carbocycles. The summed E-state index contributed by atoms with van der Waals surface area (Å²) in [5.74, 6) is -0.631. The number of hydrogen-bond acceptors (Lipinski definition) is 7. The fourth-order valence-electron chi connectivity index (χ4n) is 1.64. The van der Waals surface area contributed by atoms with Crippen LogP contribution in [0.4, 0.5) is 11.4 Å². The number of nitro benzene ring substituents is 1. The Morgan fingerprint density at radius 2 is 2.10 bits per heavy atom. The standard InChI is InChI=1S/C12H16N2O6S/c1-20-12(15)9-4-5-11(14(16)17)10(8-9)13-6-3-7-21(2,18)19/h4-5,8,13H,3,6-7H2,1-2H3. The number of hydrogen-bond donors (Lipinski definition) is 1. The molecule has 0 aliphatic heterocycles. The largest absolute Gasteiger partial charge is 0.465 e. The molecule has 0 saturated heterocycles. The van der Waals surface area contributed by atoms with Gasteiger partial charge in [-0.15, -0.1) is 0 Å². The van der Waals surface area contributed by atoms with Gasteiger partial charge in [0.25, 0.3) is 5.69 Å². The molecule has 1 rings (SSSR count). The Morgan fingerprint density at radius 3 is 2.62 bits per heavy atom. The van der Waals surface area contributed by atoms with Crippen LogP contribution in [-0.2, 0) is 14.6 Å². The van der Waals surface area contributed by atoms with Crippen LogP contribution in [0.5, 0.6) is 0 Å². The lowest BCUT2D eigenvalue weighted by molar-refractivity contribution is -0.384.